The Morgan fingerprint density at radius 1 is 1.20 bits per heavy atom. The molecule has 4 amide bonds. The zero-order valence-electron chi connectivity index (χ0n) is 19.1. The van der Waals surface area contributed by atoms with Crippen molar-refractivity contribution < 1.29 is 19.2 Å². The van der Waals surface area contributed by atoms with Crippen molar-refractivity contribution in [3.8, 4) is 0 Å². The minimum atomic E-state index is -1.24. The van der Waals surface area contributed by atoms with Crippen molar-refractivity contribution in [1.82, 2.24) is 19.8 Å². The first-order valence-corrected chi connectivity index (χ1v) is 11.1. The molecular weight excluding hydrogens is 452 g/mol. The van der Waals surface area contributed by atoms with Crippen molar-refractivity contribution in [2.45, 2.75) is 44.7 Å². The van der Waals surface area contributed by atoms with Crippen LogP contribution in [0.1, 0.15) is 38.1 Å². The van der Waals surface area contributed by atoms with Crippen LogP contribution in [0.25, 0.3) is 10.9 Å². The third-order valence-corrected chi connectivity index (χ3v) is 6.47. The second kappa shape index (κ2) is 8.12. The largest absolute Gasteiger partial charge is 0.322 e. The zero-order valence-corrected chi connectivity index (χ0v) is 19.1. The number of hydrogen-bond donors (Lipinski definition) is 2. The van der Waals surface area contributed by atoms with E-state index in [-0.39, 0.29) is 41.9 Å². The van der Waals surface area contributed by atoms with Crippen LogP contribution in [0.4, 0.5) is 5.69 Å². The highest BCUT2D eigenvalue weighted by molar-refractivity contribution is 6.13. The van der Waals surface area contributed by atoms with Crippen molar-refractivity contribution in [3.63, 3.8) is 0 Å². The van der Waals surface area contributed by atoms with Crippen molar-refractivity contribution in [2.75, 3.05) is 5.32 Å². The Morgan fingerprint density at radius 3 is 2.77 bits per heavy atom. The minimum absolute atomic E-state index is 0.124. The number of fused-ring (bicyclic) bond motifs is 2. The number of anilines is 1. The van der Waals surface area contributed by atoms with Gasteiger partial charge in [0.25, 0.3) is 17.4 Å². The summed E-state index contributed by atoms with van der Waals surface area (Å²) in [7, 11) is 0. The number of benzene rings is 1. The number of carbonyl (C=O) groups is 4. The van der Waals surface area contributed by atoms with Gasteiger partial charge in [-0.1, -0.05) is 12.1 Å². The maximum Gasteiger partial charge on any atom is 0.262 e. The third kappa shape index (κ3) is 3.65. The predicted molar refractivity (Wildman–Crippen MR) is 126 cm³/mol. The molecule has 1 fully saturated rings. The van der Waals surface area contributed by atoms with Gasteiger partial charge < -0.3 is 10.2 Å². The molecule has 2 aromatic rings. The second-order valence-corrected chi connectivity index (χ2v) is 8.84. The highest BCUT2D eigenvalue weighted by Gasteiger charge is 2.45. The van der Waals surface area contributed by atoms with E-state index in [4.69, 9.17) is 0 Å². The van der Waals surface area contributed by atoms with E-state index in [2.05, 4.69) is 20.6 Å². The number of para-hydroxylation sites is 1. The molecule has 5 rings (SSSR count). The van der Waals surface area contributed by atoms with Crippen LogP contribution in [0.2, 0.25) is 0 Å². The normalized spacial score (nSPS) is 23.7. The topological polar surface area (TPSA) is 143 Å². The Labute approximate surface area is 199 Å². The fraction of sp³-hybridized carbons (Fsp3) is 0.292. The van der Waals surface area contributed by atoms with Crippen molar-refractivity contribution in [1.29, 1.82) is 0 Å². The highest BCUT2D eigenvalue weighted by Crippen LogP contribution is 2.30. The molecular formula is C24H22N6O5. The predicted octanol–water partition coefficient (Wildman–Crippen LogP) is 1.09. The zero-order chi connectivity index (χ0) is 24.9. The van der Waals surface area contributed by atoms with Crippen LogP contribution in [0.15, 0.2) is 52.4 Å². The number of amides is 4. The Hall–Kier alpha value is -4.41. The summed E-state index contributed by atoms with van der Waals surface area (Å²) in [6.45, 7) is 3.25. The average Bonchev–Trinajstić information content (AvgIpc) is 2.81. The number of carbonyl (C=O) groups excluding carboxylic acids is 4. The number of aromatic nitrogens is 2. The highest BCUT2D eigenvalue weighted by atomic mass is 16.2. The molecule has 0 spiro atoms. The van der Waals surface area contributed by atoms with Crippen molar-refractivity contribution in [3.05, 3.63) is 58.8 Å². The summed E-state index contributed by atoms with van der Waals surface area (Å²) in [6.07, 6.45) is 7.03. The Balaban J connectivity index is 1.53. The van der Waals surface area contributed by atoms with E-state index in [9.17, 15) is 24.0 Å². The van der Waals surface area contributed by atoms with Gasteiger partial charge in [-0.05, 0) is 44.6 Å². The van der Waals surface area contributed by atoms with E-state index in [1.165, 1.54) is 4.57 Å². The van der Waals surface area contributed by atoms with Crippen LogP contribution in [0.5, 0.6) is 0 Å². The number of amidine groups is 1. The van der Waals surface area contributed by atoms with Crippen LogP contribution in [0, 0.1) is 6.92 Å². The lowest BCUT2D eigenvalue weighted by Crippen LogP contribution is -2.58. The summed E-state index contributed by atoms with van der Waals surface area (Å²) in [5, 5.41) is 5.31. The molecule has 1 aromatic heterocycles. The van der Waals surface area contributed by atoms with E-state index in [0.29, 0.717) is 11.5 Å². The van der Waals surface area contributed by atoms with E-state index in [1.54, 1.807) is 61.4 Å². The van der Waals surface area contributed by atoms with Crippen molar-refractivity contribution >= 4 is 46.1 Å². The van der Waals surface area contributed by atoms with Gasteiger partial charge in [0.2, 0.25) is 11.8 Å². The molecule has 1 aromatic carbocycles. The molecule has 178 valence electrons. The van der Waals surface area contributed by atoms with Gasteiger partial charge in [-0.3, -0.25) is 33.9 Å². The molecule has 0 saturated carbocycles. The summed E-state index contributed by atoms with van der Waals surface area (Å²) in [5.41, 5.74) is -1.12. The quantitative estimate of drug-likeness (QED) is 0.634. The SMILES string of the molecule is Cc1nc2c(NC(=O)C3(C)CC(=O)N=C4C=CC=CN43)cccc2c(=O)n1C1CCC(=O)NC1=O. The molecule has 11 heteroatoms. The molecule has 11 nitrogen and oxygen atoms in total. The van der Waals surface area contributed by atoms with E-state index >= 15 is 0 Å². The smallest absolute Gasteiger partial charge is 0.262 e. The summed E-state index contributed by atoms with van der Waals surface area (Å²) < 4.78 is 1.28. The maximum absolute atomic E-state index is 13.5. The first kappa shape index (κ1) is 22.4. The fourth-order valence-electron chi connectivity index (χ4n) is 4.66. The lowest BCUT2D eigenvalue weighted by Gasteiger charge is -2.41. The van der Waals surface area contributed by atoms with E-state index in [0.717, 1.165) is 0 Å². The fourth-order valence-corrected chi connectivity index (χ4v) is 4.66. The first-order chi connectivity index (χ1) is 16.7. The Kier molecular flexibility index (Phi) is 5.19. The molecule has 0 radical (unpaired) electrons. The molecule has 2 atom stereocenters. The summed E-state index contributed by atoms with van der Waals surface area (Å²) in [4.78, 5) is 73.2. The monoisotopic (exact) mass is 474 g/mol. The van der Waals surface area contributed by atoms with Gasteiger partial charge in [-0.15, -0.1) is 0 Å². The number of nitrogens with one attached hydrogen (secondary N) is 2. The number of imide groups is 1. The van der Waals surface area contributed by atoms with Gasteiger partial charge in [0.05, 0.1) is 17.5 Å². The molecule has 2 N–H and O–H groups in total. The Morgan fingerprint density at radius 2 is 2.00 bits per heavy atom. The molecule has 3 aliphatic heterocycles. The lowest BCUT2D eigenvalue weighted by molar-refractivity contribution is -0.135. The number of hydrogen-bond acceptors (Lipinski definition) is 7. The minimum Gasteiger partial charge on any atom is -0.322 e. The van der Waals surface area contributed by atoms with Gasteiger partial charge >= 0.3 is 0 Å². The van der Waals surface area contributed by atoms with E-state index in [1.807, 2.05) is 0 Å². The lowest BCUT2D eigenvalue weighted by atomic mass is 9.91. The van der Waals surface area contributed by atoms with Crippen LogP contribution >= 0.6 is 0 Å². The number of rotatable bonds is 3. The van der Waals surface area contributed by atoms with Gasteiger partial charge in [0, 0.05) is 12.6 Å². The third-order valence-electron chi connectivity index (χ3n) is 6.47. The molecule has 0 bridgehead atoms. The van der Waals surface area contributed by atoms with Crippen LogP contribution < -0.4 is 16.2 Å². The Bertz CT molecular complexity index is 1470. The molecule has 2 unspecified atom stereocenters. The summed E-state index contributed by atoms with van der Waals surface area (Å²) >= 11 is 0. The number of piperidine rings is 1. The number of aryl methyl sites for hydroxylation is 1. The molecule has 1 saturated heterocycles. The van der Waals surface area contributed by atoms with Crippen LogP contribution in [-0.4, -0.2) is 49.5 Å². The number of nitrogens with zero attached hydrogens (tertiary/aromatic N) is 4. The summed E-state index contributed by atoms with van der Waals surface area (Å²) in [5.74, 6) is -1.14. The van der Waals surface area contributed by atoms with Gasteiger partial charge in [-0.2, -0.15) is 4.99 Å². The van der Waals surface area contributed by atoms with E-state index < -0.39 is 34.9 Å². The van der Waals surface area contributed by atoms with Gasteiger partial charge in [-0.25, -0.2) is 4.98 Å². The molecule has 4 heterocycles. The molecule has 35 heavy (non-hydrogen) atoms. The molecule has 3 aliphatic rings. The summed E-state index contributed by atoms with van der Waals surface area (Å²) in [6, 6.07) is 3.95. The van der Waals surface area contributed by atoms with Gasteiger partial charge in [0.15, 0.2) is 0 Å². The van der Waals surface area contributed by atoms with Crippen molar-refractivity contribution in [2.24, 2.45) is 4.99 Å². The van der Waals surface area contributed by atoms with Gasteiger partial charge in [0.1, 0.15) is 28.8 Å². The molecule has 0 aliphatic carbocycles. The standard InChI is InChI=1S/C24H22N6O5/c1-13-25-20-14(22(34)30(13)16-9-10-18(31)28-21(16)33)6-5-7-15(20)26-23(35)24(2)12-19(32)27-17-8-3-4-11-29(17)24/h3-8,11,16H,9-10,12H2,1-2H3,(H,26,35)(H,28,31,33). The number of allylic oxidation sites excluding steroid dienone is 2. The maximum atomic E-state index is 13.5. The van der Waals surface area contributed by atoms with Crippen LogP contribution in [0.3, 0.4) is 0 Å². The van der Waals surface area contributed by atoms with Crippen LogP contribution in [-0.2, 0) is 19.2 Å². The number of aliphatic imine (C=N–C) groups is 1. The second-order valence-electron chi connectivity index (χ2n) is 8.84. The first-order valence-electron chi connectivity index (χ1n) is 11.1. The average molecular weight is 474 g/mol.